The molecule has 0 saturated carbocycles. The van der Waals surface area contributed by atoms with Gasteiger partial charge in [-0.05, 0) is 75.5 Å². The number of likely N-dealkylation sites (tertiary alicyclic amines) is 1. The molecular weight excluding hydrogens is 518 g/mol. The summed E-state index contributed by atoms with van der Waals surface area (Å²) < 4.78 is 3.49. The molecule has 11 nitrogen and oxygen atoms in total. The van der Waals surface area contributed by atoms with E-state index in [2.05, 4.69) is 49.7 Å². The van der Waals surface area contributed by atoms with Crippen LogP contribution in [-0.4, -0.2) is 64.7 Å². The van der Waals surface area contributed by atoms with E-state index < -0.39 is 5.91 Å². The lowest BCUT2D eigenvalue weighted by Crippen LogP contribution is -2.39. The van der Waals surface area contributed by atoms with Crippen molar-refractivity contribution in [3.05, 3.63) is 66.5 Å². The Morgan fingerprint density at radius 1 is 1.07 bits per heavy atom. The van der Waals surface area contributed by atoms with Crippen molar-refractivity contribution < 1.29 is 9.59 Å². The largest absolute Gasteiger partial charge is 0.325 e. The molecule has 11 heteroatoms. The molecule has 4 aromatic heterocycles. The SMILES string of the molecule is Cc1ncc(NC(=O)CCN2CCCC2(C)C)cc1NC(=O)c1nnc2cc(-c3cccc4c3cnn4C)ccn12. The van der Waals surface area contributed by atoms with Crippen LogP contribution in [0.5, 0.6) is 0 Å². The Hall–Kier alpha value is -4.64. The van der Waals surface area contributed by atoms with Gasteiger partial charge in [0.15, 0.2) is 5.65 Å². The number of hydrogen-bond donors (Lipinski definition) is 2. The Morgan fingerprint density at radius 3 is 2.73 bits per heavy atom. The minimum absolute atomic E-state index is 0.0862. The highest BCUT2D eigenvalue weighted by Gasteiger charge is 2.31. The van der Waals surface area contributed by atoms with Gasteiger partial charge >= 0.3 is 0 Å². The van der Waals surface area contributed by atoms with Crippen molar-refractivity contribution in [2.24, 2.45) is 7.05 Å². The summed E-state index contributed by atoms with van der Waals surface area (Å²) in [7, 11) is 1.91. The minimum Gasteiger partial charge on any atom is -0.325 e. The first-order valence-corrected chi connectivity index (χ1v) is 13.8. The van der Waals surface area contributed by atoms with E-state index in [-0.39, 0.29) is 17.3 Å². The fourth-order valence-electron chi connectivity index (χ4n) is 5.59. The molecule has 5 heterocycles. The van der Waals surface area contributed by atoms with Gasteiger partial charge in [0.1, 0.15) is 0 Å². The van der Waals surface area contributed by atoms with Crippen LogP contribution >= 0.6 is 0 Å². The molecular formula is C30H33N9O2. The minimum atomic E-state index is -0.427. The third-order valence-corrected chi connectivity index (χ3v) is 8.02. The maximum atomic E-state index is 13.3. The van der Waals surface area contributed by atoms with E-state index in [4.69, 9.17) is 0 Å². The van der Waals surface area contributed by atoms with Crippen molar-refractivity contribution in [3.63, 3.8) is 0 Å². The summed E-state index contributed by atoms with van der Waals surface area (Å²) in [6.07, 6.45) is 7.92. The zero-order valence-corrected chi connectivity index (χ0v) is 23.7. The molecule has 1 saturated heterocycles. The molecule has 5 aromatic rings. The molecule has 1 aliphatic rings. The van der Waals surface area contributed by atoms with E-state index in [9.17, 15) is 9.59 Å². The summed E-state index contributed by atoms with van der Waals surface area (Å²) in [5, 5.41) is 19.6. The Kier molecular flexibility index (Phi) is 6.74. The number of nitrogens with zero attached hydrogens (tertiary/aromatic N) is 7. The predicted molar refractivity (Wildman–Crippen MR) is 158 cm³/mol. The molecule has 2 N–H and O–H groups in total. The van der Waals surface area contributed by atoms with Crippen molar-refractivity contribution in [1.82, 2.24) is 34.3 Å². The summed E-state index contributed by atoms with van der Waals surface area (Å²) in [6, 6.07) is 11.6. The summed E-state index contributed by atoms with van der Waals surface area (Å²) in [5.74, 6) is -0.366. The molecule has 0 radical (unpaired) electrons. The van der Waals surface area contributed by atoms with E-state index in [1.807, 2.05) is 48.3 Å². The van der Waals surface area contributed by atoms with Crippen molar-refractivity contribution in [1.29, 1.82) is 0 Å². The monoisotopic (exact) mass is 551 g/mol. The number of fused-ring (bicyclic) bond motifs is 2. The quantitative estimate of drug-likeness (QED) is 0.307. The number of aryl methyl sites for hydroxylation is 2. The first kappa shape index (κ1) is 26.6. The van der Waals surface area contributed by atoms with Crippen LogP contribution in [-0.2, 0) is 11.8 Å². The molecule has 0 bridgehead atoms. The number of amides is 2. The van der Waals surface area contributed by atoms with Crippen LogP contribution in [0.3, 0.4) is 0 Å². The second kappa shape index (κ2) is 10.4. The average Bonchev–Trinajstić information content (AvgIpc) is 3.65. The number of nitrogens with one attached hydrogen (secondary N) is 2. The average molecular weight is 552 g/mol. The smallest absolute Gasteiger partial charge is 0.294 e. The van der Waals surface area contributed by atoms with Crippen molar-refractivity contribution in [3.8, 4) is 11.1 Å². The van der Waals surface area contributed by atoms with Crippen LogP contribution in [0.4, 0.5) is 11.4 Å². The number of pyridine rings is 2. The van der Waals surface area contributed by atoms with Gasteiger partial charge in [0.05, 0.1) is 35.0 Å². The molecule has 0 spiro atoms. The van der Waals surface area contributed by atoms with E-state index in [1.165, 1.54) is 0 Å². The van der Waals surface area contributed by atoms with E-state index in [0.29, 0.717) is 35.7 Å². The number of aromatic nitrogens is 6. The second-order valence-electron chi connectivity index (χ2n) is 11.2. The first-order valence-electron chi connectivity index (χ1n) is 13.8. The van der Waals surface area contributed by atoms with Crippen LogP contribution in [0.15, 0.2) is 55.0 Å². The molecule has 0 unspecified atom stereocenters. The second-order valence-corrected chi connectivity index (χ2v) is 11.2. The maximum Gasteiger partial charge on any atom is 0.294 e. The van der Waals surface area contributed by atoms with Gasteiger partial charge < -0.3 is 10.6 Å². The standard InChI is InChI=1S/C30H33N9O2/c1-19-24(16-21(17-31-19)33-27(40)10-13-38-12-6-11-30(38,2)3)34-29(41)28-36-35-26-15-20(9-14-39(26)28)22-7-5-8-25-23(22)18-32-37(25)4/h5,7-9,14-18H,6,10-13H2,1-4H3,(H,33,40)(H,34,41). The zero-order chi connectivity index (χ0) is 28.7. The Morgan fingerprint density at radius 2 is 1.93 bits per heavy atom. The first-order chi connectivity index (χ1) is 19.7. The fraction of sp³-hybridized carbons (Fsp3) is 0.333. The molecule has 2 amide bonds. The zero-order valence-electron chi connectivity index (χ0n) is 23.7. The van der Waals surface area contributed by atoms with Crippen molar-refractivity contribution >= 4 is 39.7 Å². The highest BCUT2D eigenvalue weighted by atomic mass is 16.2. The van der Waals surface area contributed by atoms with Gasteiger partial charge in [-0.1, -0.05) is 12.1 Å². The highest BCUT2D eigenvalue weighted by molar-refractivity contribution is 6.03. The number of rotatable bonds is 7. The summed E-state index contributed by atoms with van der Waals surface area (Å²) in [4.78, 5) is 32.6. The number of carbonyl (C=O) groups excluding carboxylic acids is 2. The molecule has 6 rings (SSSR count). The van der Waals surface area contributed by atoms with Crippen molar-refractivity contribution in [2.45, 2.75) is 45.6 Å². The summed E-state index contributed by atoms with van der Waals surface area (Å²) >= 11 is 0. The summed E-state index contributed by atoms with van der Waals surface area (Å²) in [5.41, 5.74) is 5.32. The Balaban J connectivity index is 1.16. The lowest BCUT2D eigenvalue weighted by molar-refractivity contribution is -0.116. The molecule has 210 valence electrons. The maximum absolute atomic E-state index is 13.3. The van der Waals surface area contributed by atoms with Crippen LogP contribution < -0.4 is 10.6 Å². The molecule has 41 heavy (non-hydrogen) atoms. The third-order valence-electron chi connectivity index (χ3n) is 8.02. The molecule has 1 aliphatic heterocycles. The topological polar surface area (TPSA) is 122 Å². The fourth-order valence-corrected chi connectivity index (χ4v) is 5.59. The lowest BCUT2D eigenvalue weighted by Gasteiger charge is -2.31. The Labute approximate surface area is 237 Å². The highest BCUT2D eigenvalue weighted by Crippen LogP contribution is 2.30. The van der Waals surface area contributed by atoms with E-state index >= 15 is 0 Å². The van der Waals surface area contributed by atoms with Crippen LogP contribution in [0.1, 0.15) is 49.4 Å². The summed E-state index contributed by atoms with van der Waals surface area (Å²) in [6.45, 7) is 7.96. The number of anilines is 2. The van der Waals surface area contributed by atoms with Gasteiger partial charge in [-0.15, -0.1) is 10.2 Å². The van der Waals surface area contributed by atoms with Gasteiger partial charge in [0.25, 0.3) is 5.91 Å². The van der Waals surface area contributed by atoms with Crippen molar-refractivity contribution in [2.75, 3.05) is 23.7 Å². The lowest BCUT2D eigenvalue weighted by atomic mass is 10.0. The van der Waals surface area contributed by atoms with Crippen LogP contribution in [0.25, 0.3) is 27.7 Å². The van der Waals surface area contributed by atoms with E-state index in [0.717, 1.165) is 41.4 Å². The normalized spacial score (nSPS) is 15.0. The molecule has 1 aromatic carbocycles. The van der Waals surface area contributed by atoms with Gasteiger partial charge in [-0.3, -0.25) is 28.6 Å². The predicted octanol–water partition coefficient (Wildman–Crippen LogP) is 4.44. The number of benzene rings is 1. The number of hydrogen-bond acceptors (Lipinski definition) is 7. The molecule has 0 aliphatic carbocycles. The Bertz CT molecular complexity index is 1790. The molecule has 0 atom stereocenters. The van der Waals surface area contributed by atoms with Crippen LogP contribution in [0.2, 0.25) is 0 Å². The van der Waals surface area contributed by atoms with Gasteiger partial charge in [0.2, 0.25) is 11.7 Å². The van der Waals surface area contributed by atoms with Gasteiger partial charge in [0, 0.05) is 37.1 Å². The molecule has 1 fully saturated rings. The van der Waals surface area contributed by atoms with Crippen LogP contribution in [0, 0.1) is 6.92 Å². The van der Waals surface area contributed by atoms with Gasteiger partial charge in [-0.2, -0.15) is 5.10 Å². The van der Waals surface area contributed by atoms with E-state index in [1.54, 1.807) is 29.8 Å². The van der Waals surface area contributed by atoms with Gasteiger partial charge in [-0.25, -0.2) is 0 Å². The third kappa shape index (κ3) is 5.16. The number of carbonyl (C=O) groups is 2.